The predicted octanol–water partition coefficient (Wildman–Crippen LogP) is 3.38. The van der Waals surface area contributed by atoms with E-state index in [9.17, 15) is 4.79 Å². The molecular formula is C18H14N2O3. The Balaban J connectivity index is 1.54. The zero-order valence-corrected chi connectivity index (χ0v) is 12.4. The molecule has 0 atom stereocenters. The highest BCUT2D eigenvalue weighted by atomic mass is 16.5. The molecule has 0 fully saturated rings. The van der Waals surface area contributed by atoms with Crippen molar-refractivity contribution in [2.45, 2.75) is 19.4 Å². The van der Waals surface area contributed by atoms with Crippen molar-refractivity contribution in [1.29, 1.82) is 5.26 Å². The van der Waals surface area contributed by atoms with E-state index in [1.54, 1.807) is 18.2 Å². The van der Waals surface area contributed by atoms with Gasteiger partial charge >= 0.3 is 5.97 Å². The first kappa shape index (κ1) is 14.8. The lowest BCUT2D eigenvalue weighted by Gasteiger charge is -2.05. The average Bonchev–Trinajstić information content (AvgIpc) is 3.01. The quantitative estimate of drug-likeness (QED) is 0.675. The number of nitriles is 1. The van der Waals surface area contributed by atoms with E-state index in [0.29, 0.717) is 29.0 Å². The largest absolute Gasteiger partial charge is 0.461 e. The number of carbonyl (C=O) groups excluding carboxylic acids is 1. The summed E-state index contributed by atoms with van der Waals surface area (Å²) in [6.07, 6.45) is 0.564. The number of fused-ring (bicyclic) bond motifs is 1. The average molecular weight is 306 g/mol. The first-order chi connectivity index (χ1) is 11.3. The van der Waals surface area contributed by atoms with Crippen LogP contribution in [0.15, 0.2) is 52.9 Å². The molecule has 114 valence electrons. The summed E-state index contributed by atoms with van der Waals surface area (Å²) < 4.78 is 10.8. The SMILES string of the molecule is N#Cc1ccccc1COC(=O)CCc1nc2ccccc2o1. The van der Waals surface area contributed by atoms with Gasteiger partial charge in [0.25, 0.3) is 0 Å². The molecule has 1 heterocycles. The minimum absolute atomic E-state index is 0.0934. The molecule has 0 aliphatic heterocycles. The third-order valence-electron chi connectivity index (χ3n) is 3.41. The van der Waals surface area contributed by atoms with Crippen molar-refractivity contribution in [3.8, 4) is 6.07 Å². The number of hydrogen-bond donors (Lipinski definition) is 0. The molecule has 0 bridgehead atoms. The summed E-state index contributed by atoms with van der Waals surface area (Å²) in [4.78, 5) is 16.1. The fourth-order valence-electron chi connectivity index (χ4n) is 2.22. The molecule has 0 aliphatic rings. The summed E-state index contributed by atoms with van der Waals surface area (Å²) in [5, 5.41) is 8.99. The van der Waals surface area contributed by atoms with Gasteiger partial charge < -0.3 is 9.15 Å². The summed E-state index contributed by atoms with van der Waals surface area (Å²) in [6, 6.07) is 16.6. The van der Waals surface area contributed by atoms with Gasteiger partial charge in [0.1, 0.15) is 12.1 Å². The maximum Gasteiger partial charge on any atom is 0.306 e. The maximum atomic E-state index is 11.8. The Bertz CT molecular complexity index is 844. The van der Waals surface area contributed by atoms with Crippen LogP contribution in [0.25, 0.3) is 11.1 Å². The van der Waals surface area contributed by atoms with Crippen LogP contribution in [0.1, 0.15) is 23.4 Å². The summed E-state index contributed by atoms with van der Waals surface area (Å²) in [5.41, 5.74) is 2.70. The second-order valence-corrected chi connectivity index (χ2v) is 5.00. The van der Waals surface area contributed by atoms with Crippen molar-refractivity contribution in [2.24, 2.45) is 0 Å². The number of hydrogen-bond acceptors (Lipinski definition) is 5. The van der Waals surface area contributed by atoms with Crippen LogP contribution in [0.3, 0.4) is 0 Å². The molecular weight excluding hydrogens is 292 g/mol. The maximum absolute atomic E-state index is 11.8. The van der Waals surface area contributed by atoms with Crippen LogP contribution < -0.4 is 0 Å². The molecule has 0 aliphatic carbocycles. The van der Waals surface area contributed by atoms with Gasteiger partial charge in [0.15, 0.2) is 11.5 Å². The molecule has 5 nitrogen and oxygen atoms in total. The zero-order valence-electron chi connectivity index (χ0n) is 12.4. The number of esters is 1. The highest BCUT2D eigenvalue weighted by Crippen LogP contribution is 2.16. The number of rotatable bonds is 5. The van der Waals surface area contributed by atoms with E-state index in [0.717, 1.165) is 5.52 Å². The van der Waals surface area contributed by atoms with Crippen molar-refractivity contribution in [3.63, 3.8) is 0 Å². The van der Waals surface area contributed by atoms with Gasteiger partial charge in [0, 0.05) is 12.0 Å². The zero-order chi connectivity index (χ0) is 16.1. The van der Waals surface area contributed by atoms with E-state index < -0.39 is 0 Å². The minimum Gasteiger partial charge on any atom is -0.461 e. The van der Waals surface area contributed by atoms with Crippen LogP contribution in [-0.2, 0) is 22.6 Å². The van der Waals surface area contributed by atoms with E-state index in [-0.39, 0.29) is 19.0 Å². The first-order valence-electron chi connectivity index (χ1n) is 7.24. The van der Waals surface area contributed by atoms with Crippen molar-refractivity contribution >= 4 is 17.1 Å². The Morgan fingerprint density at radius 3 is 2.78 bits per heavy atom. The Kier molecular flexibility index (Phi) is 4.34. The fraction of sp³-hybridized carbons (Fsp3) is 0.167. The van der Waals surface area contributed by atoms with Crippen LogP contribution in [-0.4, -0.2) is 11.0 Å². The van der Waals surface area contributed by atoms with Gasteiger partial charge in [-0.3, -0.25) is 4.79 Å². The number of ether oxygens (including phenoxy) is 1. The second-order valence-electron chi connectivity index (χ2n) is 5.00. The molecule has 3 aromatic rings. The van der Waals surface area contributed by atoms with E-state index in [4.69, 9.17) is 14.4 Å². The first-order valence-corrected chi connectivity index (χ1v) is 7.24. The standard InChI is InChI=1S/C18H14N2O3/c19-11-13-5-1-2-6-14(13)12-22-18(21)10-9-17-20-15-7-3-4-8-16(15)23-17/h1-8H,9-10,12H2. The molecule has 2 aromatic carbocycles. The van der Waals surface area contributed by atoms with Crippen LogP contribution in [0.4, 0.5) is 0 Å². The van der Waals surface area contributed by atoms with E-state index in [1.165, 1.54) is 0 Å². The third-order valence-corrected chi connectivity index (χ3v) is 3.41. The van der Waals surface area contributed by atoms with Crippen molar-refractivity contribution in [3.05, 3.63) is 65.5 Å². The Morgan fingerprint density at radius 1 is 1.17 bits per heavy atom. The molecule has 0 amide bonds. The molecule has 0 saturated carbocycles. The van der Waals surface area contributed by atoms with Crippen LogP contribution in [0, 0.1) is 11.3 Å². The molecule has 0 N–H and O–H groups in total. The lowest BCUT2D eigenvalue weighted by atomic mass is 10.1. The van der Waals surface area contributed by atoms with Crippen molar-refractivity contribution in [1.82, 2.24) is 4.98 Å². The second kappa shape index (κ2) is 6.75. The van der Waals surface area contributed by atoms with Gasteiger partial charge in [0.05, 0.1) is 18.1 Å². The van der Waals surface area contributed by atoms with Crippen LogP contribution >= 0.6 is 0 Å². The molecule has 5 heteroatoms. The molecule has 1 aromatic heterocycles. The number of aromatic nitrogens is 1. The smallest absolute Gasteiger partial charge is 0.306 e. The third kappa shape index (κ3) is 3.55. The van der Waals surface area contributed by atoms with Crippen LogP contribution in [0.5, 0.6) is 0 Å². The molecule has 3 rings (SSSR count). The number of aryl methyl sites for hydroxylation is 1. The van der Waals surface area contributed by atoms with E-state index >= 15 is 0 Å². The highest BCUT2D eigenvalue weighted by Gasteiger charge is 2.10. The summed E-state index contributed by atoms with van der Waals surface area (Å²) in [6.45, 7) is 0.0934. The van der Waals surface area contributed by atoms with Gasteiger partial charge in [-0.15, -0.1) is 0 Å². The van der Waals surface area contributed by atoms with Crippen LogP contribution in [0.2, 0.25) is 0 Å². The Hall–Kier alpha value is -3.13. The normalized spacial score (nSPS) is 10.4. The van der Waals surface area contributed by atoms with Crippen molar-refractivity contribution < 1.29 is 13.9 Å². The van der Waals surface area contributed by atoms with Gasteiger partial charge in [-0.05, 0) is 18.2 Å². The molecule has 23 heavy (non-hydrogen) atoms. The fourth-order valence-corrected chi connectivity index (χ4v) is 2.22. The van der Waals surface area contributed by atoms with E-state index in [2.05, 4.69) is 11.1 Å². The van der Waals surface area contributed by atoms with Gasteiger partial charge in [0.2, 0.25) is 0 Å². The highest BCUT2D eigenvalue weighted by molar-refractivity contribution is 5.72. The number of carbonyl (C=O) groups is 1. The molecule has 0 saturated heterocycles. The van der Waals surface area contributed by atoms with Crippen molar-refractivity contribution in [2.75, 3.05) is 0 Å². The molecule has 0 unspecified atom stereocenters. The minimum atomic E-state index is -0.347. The number of oxazole rings is 1. The number of benzene rings is 2. The lowest BCUT2D eigenvalue weighted by Crippen LogP contribution is -2.06. The van der Waals surface area contributed by atoms with E-state index in [1.807, 2.05) is 30.3 Å². The summed E-state index contributed by atoms with van der Waals surface area (Å²) in [5.74, 6) is 0.167. The molecule has 0 radical (unpaired) electrons. The Morgan fingerprint density at radius 2 is 1.96 bits per heavy atom. The molecule has 0 spiro atoms. The topological polar surface area (TPSA) is 76.1 Å². The number of nitrogens with zero attached hydrogens (tertiary/aromatic N) is 2. The lowest BCUT2D eigenvalue weighted by molar-refractivity contribution is -0.145. The predicted molar refractivity (Wildman–Crippen MR) is 83.3 cm³/mol. The summed E-state index contributed by atoms with van der Waals surface area (Å²) in [7, 11) is 0. The Labute approximate surface area is 133 Å². The monoisotopic (exact) mass is 306 g/mol. The van der Waals surface area contributed by atoms with Gasteiger partial charge in [-0.2, -0.15) is 5.26 Å². The van der Waals surface area contributed by atoms with Gasteiger partial charge in [-0.25, -0.2) is 4.98 Å². The summed E-state index contributed by atoms with van der Waals surface area (Å²) >= 11 is 0. The van der Waals surface area contributed by atoms with Gasteiger partial charge in [-0.1, -0.05) is 30.3 Å². The number of para-hydroxylation sites is 2.